The van der Waals surface area contributed by atoms with E-state index in [9.17, 15) is 10.2 Å². The summed E-state index contributed by atoms with van der Waals surface area (Å²) in [6.07, 6.45) is 6.58. The lowest BCUT2D eigenvalue weighted by Crippen LogP contribution is -2.67. The van der Waals surface area contributed by atoms with Crippen LogP contribution < -0.4 is 0 Å². The van der Waals surface area contributed by atoms with Gasteiger partial charge in [-0.2, -0.15) is 0 Å². The molecule has 5 aliphatic rings. The van der Waals surface area contributed by atoms with Crippen molar-refractivity contribution in [3.8, 4) is 0 Å². The highest BCUT2D eigenvalue weighted by molar-refractivity contribution is 5.17. The Balaban J connectivity index is 1.59. The normalized spacial score (nSPS) is 55.2. The molecule has 5 rings (SSSR count). The summed E-state index contributed by atoms with van der Waals surface area (Å²) < 4.78 is 13.1. The zero-order valence-corrected chi connectivity index (χ0v) is 18.2. The summed E-state index contributed by atoms with van der Waals surface area (Å²) in [5.74, 6) is 2.37. The van der Waals surface area contributed by atoms with E-state index in [1.54, 1.807) is 0 Å². The van der Waals surface area contributed by atoms with Gasteiger partial charge in [-0.25, -0.2) is 0 Å². The molecule has 1 spiro atoms. The van der Waals surface area contributed by atoms with E-state index in [2.05, 4.69) is 27.7 Å². The molecule has 1 aliphatic heterocycles. The molecule has 4 heteroatoms. The van der Waals surface area contributed by atoms with Gasteiger partial charge in [0.05, 0.1) is 25.4 Å². The number of fused-ring (bicyclic) bond motifs is 6. The molecular weight excluding hydrogens is 352 g/mol. The van der Waals surface area contributed by atoms with Gasteiger partial charge < -0.3 is 19.7 Å². The summed E-state index contributed by atoms with van der Waals surface area (Å²) in [5.41, 5.74) is 0.167. The van der Waals surface area contributed by atoms with E-state index < -0.39 is 5.79 Å². The highest BCUT2D eigenvalue weighted by atomic mass is 16.7. The van der Waals surface area contributed by atoms with Gasteiger partial charge in [0.2, 0.25) is 0 Å². The van der Waals surface area contributed by atoms with Crippen molar-refractivity contribution in [3.05, 3.63) is 0 Å². The predicted molar refractivity (Wildman–Crippen MR) is 107 cm³/mol. The Morgan fingerprint density at radius 3 is 2.32 bits per heavy atom. The number of aliphatic hydroxyl groups excluding tert-OH is 2. The molecule has 28 heavy (non-hydrogen) atoms. The summed E-state index contributed by atoms with van der Waals surface area (Å²) in [6, 6.07) is 0. The molecule has 0 aromatic carbocycles. The van der Waals surface area contributed by atoms with Crippen LogP contribution in [-0.4, -0.2) is 41.4 Å². The number of hydrogen-bond acceptors (Lipinski definition) is 4. The molecule has 4 saturated carbocycles. The van der Waals surface area contributed by atoms with E-state index in [-0.39, 0.29) is 23.0 Å². The van der Waals surface area contributed by atoms with E-state index in [0.717, 1.165) is 32.1 Å². The SMILES string of the molecule is CC(C)[C@H]1CC[C@H]2C3[C@H](O)CC4C[C@H](O)CC[C@]4(C)[C@H]3CC3(OCCO3)[C@]12C. The van der Waals surface area contributed by atoms with Crippen LogP contribution in [0.3, 0.4) is 0 Å². The van der Waals surface area contributed by atoms with Gasteiger partial charge in [-0.05, 0) is 79.4 Å². The van der Waals surface area contributed by atoms with Crippen LogP contribution in [0.15, 0.2) is 0 Å². The third-order valence-electron chi connectivity index (χ3n) is 10.4. The van der Waals surface area contributed by atoms with Gasteiger partial charge in [0.25, 0.3) is 0 Å². The van der Waals surface area contributed by atoms with Crippen molar-refractivity contribution >= 4 is 0 Å². The lowest BCUT2D eigenvalue weighted by Gasteiger charge is -2.66. The average Bonchev–Trinajstić information content (AvgIpc) is 3.24. The van der Waals surface area contributed by atoms with E-state index in [0.29, 0.717) is 48.7 Å². The van der Waals surface area contributed by atoms with Crippen LogP contribution in [0.4, 0.5) is 0 Å². The minimum atomic E-state index is -0.481. The van der Waals surface area contributed by atoms with Gasteiger partial charge in [-0.1, -0.05) is 27.7 Å². The lowest BCUT2D eigenvalue weighted by atomic mass is 9.42. The van der Waals surface area contributed by atoms with Gasteiger partial charge in [0, 0.05) is 11.8 Å². The Bertz CT molecular complexity index is 614. The summed E-state index contributed by atoms with van der Waals surface area (Å²) in [5, 5.41) is 21.7. The highest BCUT2D eigenvalue weighted by Crippen LogP contribution is 2.72. The van der Waals surface area contributed by atoms with E-state index >= 15 is 0 Å². The second-order valence-corrected chi connectivity index (χ2v) is 11.6. The summed E-state index contributed by atoms with van der Waals surface area (Å²) in [6.45, 7) is 11.0. The van der Waals surface area contributed by atoms with Gasteiger partial charge >= 0.3 is 0 Å². The minimum absolute atomic E-state index is 0.0167. The van der Waals surface area contributed by atoms with Crippen LogP contribution in [-0.2, 0) is 9.47 Å². The quantitative estimate of drug-likeness (QED) is 0.708. The number of ether oxygens (including phenoxy) is 2. The monoisotopic (exact) mass is 392 g/mol. The van der Waals surface area contributed by atoms with Crippen molar-refractivity contribution in [2.75, 3.05) is 13.2 Å². The average molecular weight is 393 g/mol. The molecule has 4 aliphatic carbocycles. The van der Waals surface area contributed by atoms with Crippen molar-refractivity contribution in [2.24, 2.45) is 46.3 Å². The first-order valence-electron chi connectivity index (χ1n) is 11.9. The van der Waals surface area contributed by atoms with Gasteiger partial charge in [0.15, 0.2) is 5.79 Å². The van der Waals surface area contributed by atoms with E-state index in [1.807, 2.05) is 0 Å². The first-order chi connectivity index (χ1) is 13.2. The Labute approximate surface area is 170 Å². The van der Waals surface area contributed by atoms with Gasteiger partial charge in [-0.3, -0.25) is 0 Å². The molecule has 0 aromatic heterocycles. The van der Waals surface area contributed by atoms with Crippen LogP contribution in [0.2, 0.25) is 0 Å². The predicted octanol–water partition coefficient (Wildman–Crippen LogP) is 3.99. The van der Waals surface area contributed by atoms with Crippen LogP contribution in [0.5, 0.6) is 0 Å². The molecule has 9 atom stereocenters. The molecule has 0 bridgehead atoms. The van der Waals surface area contributed by atoms with Crippen LogP contribution in [0, 0.1) is 46.3 Å². The maximum Gasteiger partial charge on any atom is 0.174 e. The molecule has 0 radical (unpaired) electrons. The second kappa shape index (κ2) is 6.42. The van der Waals surface area contributed by atoms with Crippen molar-refractivity contribution < 1.29 is 19.7 Å². The first kappa shape index (κ1) is 19.8. The second-order valence-electron chi connectivity index (χ2n) is 11.6. The van der Waals surface area contributed by atoms with Gasteiger partial charge in [0.1, 0.15) is 0 Å². The zero-order valence-electron chi connectivity index (χ0n) is 18.2. The van der Waals surface area contributed by atoms with Crippen molar-refractivity contribution in [1.82, 2.24) is 0 Å². The largest absolute Gasteiger partial charge is 0.393 e. The van der Waals surface area contributed by atoms with E-state index in [1.165, 1.54) is 12.8 Å². The lowest BCUT2D eigenvalue weighted by molar-refractivity contribution is -0.322. The number of hydrogen-bond donors (Lipinski definition) is 2. The standard InChI is InChI=1S/C24H40O4/c1-14(2)17-5-6-18-21-19(13-24(23(17,18)4)27-9-10-28-24)22(3)8-7-16(25)11-15(22)12-20(21)26/h14-21,25-26H,5-13H2,1-4H3/t15?,16-,17-,18+,19+,20-,21?,22+,23-/m1/s1. The Kier molecular flexibility index (Phi) is 4.53. The molecule has 0 aromatic rings. The summed E-state index contributed by atoms with van der Waals surface area (Å²) in [7, 11) is 0. The first-order valence-corrected chi connectivity index (χ1v) is 11.9. The molecule has 2 N–H and O–H groups in total. The van der Waals surface area contributed by atoms with E-state index in [4.69, 9.17) is 9.47 Å². The topological polar surface area (TPSA) is 58.9 Å². The van der Waals surface area contributed by atoms with Crippen molar-refractivity contribution in [1.29, 1.82) is 0 Å². The molecule has 2 unspecified atom stereocenters. The maximum atomic E-state index is 11.4. The summed E-state index contributed by atoms with van der Waals surface area (Å²) in [4.78, 5) is 0. The molecule has 1 saturated heterocycles. The third-order valence-corrected chi connectivity index (χ3v) is 10.4. The fourth-order valence-corrected chi connectivity index (χ4v) is 9.13. The van der Waals surface area contributed by atoms with Crippen molar-refractivity contribution in [2.45, 2.75) is 90.6 Å². The smallest absolute Gasteiger partial charge is 0.174 e. The number of aliphatic hydroxyl groups is 2. The van der Waals surface area contributed by atoms with Gasteiger partial charge in [-0.15, -0.1) is 0 Å². The Morgan fingerprint density at radius 2 is 1.64 bits per heavy atom. The van der Waals surface area contributed by atoms with Crippen LogP contribution in [0.1, 0.15) is 72.6 Å². The maximum absolute atomic E-state index is 11.4. The highest BCUT2D eigenvalue weighted by Gasteiger charge is 2.72. The summed E-state index contributed by atoms with van der Waals surface area (Å²) >= 11 is 0. The zero-order chi connectivity index (χ0) is 19.9. The Hall–Kier alpha value is -0.160. The third kappa shape index (κ3) is 2.38. The fourth-order valence-electron chi connectivity index (χ4n) is 9.13. The minimum Gasteiger partial charge on any atom is -0.393 e. The molecule has 1 heterocycles. The molecule has 160 valence electrons. The van der Waals surface area contributed by atoms with Crippen molar-refractivity contribution in [3.63, 3.8) is 0 Å². The molecule has 4 nitrogen and oxygen atoms in total. The Morgan fingerprint density at radius 1 is 0.929 bits per heavy atom. The molecular formula is C24H40O4. The molecule has 0 amide bonds. The number of rotatable bonds is 1. The van der Waals surface area contributed by atoms with Crippen LogP contribution in [0.25, 0.3) is 0 Å². The van der Waals surface area contributed by atoms with Crippen LogP contribution >= 0.6 is 0 Å². The fraction of sp³-hybridized carbons (Fsp3) is 1.00. The molecule has 5 fully saturated rings.